The van der Waals surface area contributed by atoms with E-state index in [9.17, 15) is 13.2 Å². The summed E-state index contributed by atoms with van der Waals surface area (Å²) in [7, 11) is -3.88. The number of para-hydroxylation sites is 1. The average Bonchev–Trinajstić information content (AvgIpc) is 2.91. The molecule has 1 fully saturated rings. The number of fused-ring (bicyclic) bond motifs is 1. The van der Waals surface area contributed by atoms with E-state index in [1.807, 2.05) is 29.2 Å². The molecule has 0 atom stereocenters. The first-order valence-electron chi connectivity index (χ1n) is 12.1. The number of anilines is 1. The lowest BCUT2D eigenvalue weighted by atomic mass is 10.1. The van der Waals surface area contributed by atoms with Gasteiger partial charge in [0.15, 0.2) is 0 Å². The summed E-state index contributed by atoms with van der Waals surface area (Å²) in [5, 5.41) is 1.81. The summed E-state index contributed by atoms with van der Waals surface area (Å²) in [4.78, 5) is 21.6. The van der Waals surface area contributed by atoms with Gasteiger partial charge in [-0.1, -0.05) is 47.5 Å². The van der Waals surface area contributed by atoms with Crippen molar-refractivity contribution in [1.29, 1.82) is 0 Å². The number of carbonyl (C=O) groups is 1. The SMILES string of the molecule is Cc1cc(C(=O)N2CCN(Cc3ccc(Cl)c(Cl)c3)CC2)ccc1NS(=O)(=O)c1cccc2cccnc12. The third-order valence-corrected chi connectivity index (χ3v) is 8.79. The van der Waals surface area contributed by atoms with Crippen LogP contribution in [0.2, 0.25) is 10.0 Å². The molecule has 38 heavy (non-hydrogen) atoms. The highest BCUT2D eigenvalue weighted by molar-refractivity contribution is 7.93. The minimum atomic E-state index is -3.88. The summed E-state index contributed by atoms with van der Waals surface area (Å²) < 4.78 is 29.0. The van der Waals surface area contributed by atoms with Gasteiger partial charge < -0.3 is 4.90 Å². The lowest BCUT2D eigenvalue weighted by molar-refractivity contribution is 0.0628. The fourth-order valence-electron chi connectivity index (χ4n) is 4.59. The molecule has 1 amide bonds. The summed E-state index contributed by atoms with van der Waals surface area (Å²) in [6.45, 7) is 5.19. The Hall–Kier alpha value is -3.17. The number of nitrogens with zero attached hydrogens (tertiary/aromatic N) is 3. The molecule has 1 aliphatic heterocycles. The molecular weight excluding hydrogens is 543 g/mol. The van der Waals surface area contributed by atoms with E-state index in [0.29, 0.717) is 45.5 Å². The number of pyridine rings is 1. The van der Waals surface area contributed by atoms with E-state index in [4.69, 9.17) is 23.2 Å². The Labute approximate surface area is 232 Å². The number of aryl methyl sites for hydroxylation is 1. The van der Waals surface area contributed by atoms with Crippen LogP contribution in [-0.2, 0) is 16.6 Å². The second kappa shape index (κ2) is 10.9. The molecule has 0 unspecified atom stereocenters. The molecule has 0 spiro atoms. The first-order chi connectivity index (χ1) is 18.2. The molecule has 5 rings (SSSR count). The van der Waals surface area contributed by atoms with Crippen LogP contribution < -0.4 is 4.72 Å². The molecule has 196 valence electrons. The molecule has 1 N–H and O–H groups in total. The van der Waals surface area contributed by atoms with Crippen LogP contribution >= 0.6 is 23.2 Å². The highest BCUT2D eigenvalue weighted by atomic mass is 35.5. The smallest absolute Gasteiger partial charge is 0.264 e. The van der Waals surface area contributed by atoms with Gasteiger partial charge in [-0.05, 0) is 60.5 Å². The third kappa shape index (κ3) is 5.63. The molecule has 1 saturated heterocycles. The summed E-state index contributed by atoms with van der Waals surface area (Å²) in [6.07, 6.45) is 1.57. The number of hydrogen-bond donors (Lipinski definition) is 1. The molecule has 0 aliphatic carbocycles. The minimum Gasteiger partial charge on any atom is -0.336 e. The summed E-state index contributed by atoms with van der Waals surface area (Å²) in [6, 6.07) is 19.3. The Morgan fingerprint density at radius 3 is 2.45 bits per heavy atom. The van der Waals surface area contributed by atoms with Crippen LogP contribution in [0.1, 0.15) is 21.5 Å². The lowest BCUT2D eigenvalue weighted by Crippen LogP contribution is -2.48. The van der Waals surface area contributed by atoms with E-state index in [-0.39, 0.29) is 10.8 Å². The van der Waals surface area contributed by atoms with Crippen molar-refractivity contribution in [2.75, 3.05) is 30.9 Å². The summed E-state index contributed by atoms with van der Waals surface area (Å²) in [5.74, 6) is -0.0741. The van der Waals surface area contributed by atoms with Crippen molar-refractivity contribution < 1.29 is 13.2 Å². The Bertz CT molecular complexity index is 1610. The zero-order chi connectivity index (χ0) is 26.9. The van der Waals surface area contributed by atoms with Crippen molar-refractivity contribution in [3.05, 3.63) is 99.7 Å². The first-order valence-corrected chi connectivity index (χ1v) is 14.4. The Kier molecular flexibility index (Phi) is 7.59. The molecule has 3 aromatic carbocycles. The van der Waals surface area contributed by atoms with Crippen LogP contribution in [0.5, 0.6) is 0 Å². The lowest BCUT2D eigenvalue weighted by Gasteiger charge is -2.35. The zero-order valence-corrected chi connectivity index (χ0v) is 23.0. The van der Waals surface area contributed by atoms with E-state index < -0.39 is 10.0 Å². The summed E-state index contributed by atoms with van der Waals surface area (Å²) >= 11 is 12.1. The highest BCUT2D eigenvalue weighted by Gasteiger charge is 2.24. The van der Waals surface area contributed by atoms with Crippen molar-refractivity contribution >= 4 is 55.7 Å². The van der Waals surface area contributed by atoms with E-state index in [1.54, 1.807) is 49.5 Å². The highest BCUT2D eigenvalue weighted by Crippen LogP contribution is 2.26. The van der Waals surface area contributed by atoms with E-state index in [2.05, 4.69) is 14.6 Å². The van der Waals surface area contributed by atoms with Crippen LogP contribution in [0.4, 0.5) is 5.69 Å². The summed E-state index contributed by atoms with van der Waals surface area (Å²) in [5.41, 5.74) is 3.08. The van der Waals surface area contributed by atoms with E-state index in [0.717, 1.165) is 30.6 Å². The zero-order valence-electron chi connectivity index (χ0n) is 20.7. The molecule has 1 aliphatic rings. The predicted octanol–water partition coefficient (Wildman–Crippen LogP) is 5.61. The van der Waals surface area contributed by atoms with Crippen molar-refractivity contribution in [3.63, 3.8) is 0 Å². The van der Waals surface area contributed by atoms with Gasteiger partial charge in [0.2, 0.25) is 0 Å². The fraction of sp³-hybridized carbons (Fsp3) is 0.214. The molecular formula is C28H26Cl2N4O3S. The monoisotopic (exact) mass is 568 g/mol. The van der Waals surface area contributed by atoms with Gasteiger partial charge in [-0.25, -0.2) is 8.42 Å². The van der Waals surface area contributed by atoms with Gasteiger partial charge in [0.05, 0.1) is 21.2 Å². The molecule has 1 aromatic heterocycles. The predicted molar refractivity (Wildman–Crippen MR) is 151 cm³/mol. The van der Waals surface area contributed by atoms with E-state index >= 15 is 0 Å². The van der Waals surface area contributed by atoms with Crippen LogP contribution in [0, 0.1) is 6.92 Å². The van der Waals surface area contributed by atoms with Gasteiger partial charge in [0.25, 0.3) is 15.9 Å². The number of carbonyl (C=O) groups excluding carboxylic acids is 1. The fourth-order valence-corrected chi connectivity index (χ4v) is 6.22. The van der Waals surface area contributed by atoms with Gasteiger partial charge in [0.1, 0.15) is 4.90 Å². The van der Waals surface area contributed by atoms with E-state index in [1.165, 1.54) is 6.07 Å². The third-order valence-electron chi connectivity index (χ3n) is 6.65. The maximum atomic E-state index is 13.2. The largest absolute Gasteiger partial charge is 0.336 e. The van der Waals surface area contributed by atoms with Gasteiger partial charge in [0, 0.05) is 49.9 Å². The number of hydrogen-bond acceptors (Lipinski definition) is 5. The molecule has 4 aromatic rings. The molecule has 0 saturated carbocycles. The van der Waals surface area contributed by atoms with Gasteiger partial charge in [-0.15, -0.1) is 0 Å². The minimum absolute atomic E-state index is 0.0741. The Morgan fingerprint density at radius 1 is 0.947 bits per heavy atom. The topological polar surface area (TPSA) is 82.6 Å². The second-order valence-electron chi connectivity index (χ2n) is 9.28. The number of rotatable bonds is 6. The number of nitrogens with one attached hydrogen (secondary N) is 1. The van der Waals surface area contributed by atoms with Crippen molar-refractivity contribution in [2.45, 2.75) is 18.4 Å². The Morgan fingerprint density at radius 2 is 1.71 bits per heavy atom. The molecule has 7 nitrogen and oxygen atoms in total. The molecule has 10 heteroatoms. The number of aromatic nitrogens is 1. The van der Waals surface area contributed by atoms with Crippen LogP contribution in [0.25, 0.3) is 10.9 Å². The number of sulfonamides is 1. The van der Waals surface area contributed by atoms with Gasteiger partial charge in [-0.3, -0.25) is 19.4 Å². The van der Waals surface area contributed by atoms with Gasteiger partial charge >= 0.3 is 0 Å². The quantitative estimate of drug-likeness (QED) is 0.327. The maximum Gasteiger partial charge on any atom is 0.264 e. The number of piperazine rings is 1. The van der Waals surface area contributed by atoms with Crippen LogP contribution in [0.3, 0.4) is 0 Å². The Balaban J connectivity index is 1.24. The van der Waals surface area contributed by atoms with Crippen molar-refractivity contribution in [2.24, 2.45) is 0 Å². The van der Waals surface area contributed by atoms with Gasteiger partial charge in [-0.2, -0.15) is 0 Å². The second-order valence-corrected chi connectivity index (χ2v) is 11.7. The van der Waals surface area contributed by atoms with Crippen LogP contribution in [0.15, 0.2) is 77.8 Å². The van der Waals surface area contributed by atoms with Crippen molar-refractivity contribution in [1.82, 2.24) is 14.8 Å². The first kappa shape index (κ1) is 26.4. The average molecular weight is 570 g/mol. The normalized spacial score (nSPS) is 14.6. The number of amides is 1. The number of benzene rings is 3. The number of halogens is 2. The maximum absolute atomic E-state index is 13.2. The molecule has 2 heterocycles. The molecule has 0 bridgehead atoms. The molecule has 0 radical (unpaired) electrons. The van der Waals surface area contributed by atoms with Crippen LogP contribution in [-0.4, -0.2) is 55.3 Å². The van der Waals surface area contributed by atoms with Crippen molar-refractivity contribution in [3.8, 4) is 0 Å². The standard InChI is InChI=1S/C28H26Cl2N4O3S/c1-19-16-22(28(35)34-14-12-33(13-15-34)18-20-7-9-23(29)24(30)17-20)8-10-25(19)32-38(36,37)26-6-2-4-21-5-3-11-31-27(21)26/h2-11,16-17,32H,12-15,18H2,1H3.